The minimum atomic E-state index is -2.90. The van der Waals surface area contributed by atoms with Gasteiger partial charge in [0, 0.05) is 0 Å². The predicted octanol–water partition coefficient (Wildman–Crippen LogP) is 5.25. The van der Waals surface area contributed by atoms with Gasteiger partial charge in [-0.25, -0.2) is 13.4 Å². The fourth-order valence-corrected chi connectivity index (χ4v) is 6.43. The number of hydrogen-bond acceptors (Lipinski definition) is 4. The molecular weight excluding hydrogens is 350 g/mol. The molecule has 3 nitrogen and oxygen atoms in total. The Morgan fingerprint density at radius 3 is 2.64 bits per heavy atom. The molecule has 0 amide bonds. The van der Waals surface area contributed by atoms with E-state index >= 15 is 0 Å². The number of fused-ring (bicyclic) bond motifs is 1. The minimum Gasteiger partial charge on any atom is -0.245 e. The average Bonchev–Trinajstić information content (AvgIpc) is 3.07. The van der Waals surface area contributed by atoms with Crippen molar-refractivity contribution in [3.8, 4) is 0 Å². The van der Waals surface area contributed by atoms with Gasteiger partial charge in [-0.15, -0.1) is 11.3 Å². The van der Waals surface area contributed by atoms with Crippen LogP contribution in [0.2, 0.25) is 0 Å². The predicted molar refractivity (Wildman–Crippen MR) is 107 cm³/mol. The molecule has 1 unspecified atom stereocenters. The van der Waals surface area contributed by atoms with E-state index in [-0.39, 0.29) is 5.25 Å². The van der Waals surface area contributed by atoms with Crippen LogP contribution in [-0.2, 0) is 16.3 Å². The Morgan fingerprint density at radius 1 is 1.20 bits per heavy atom. The summed E-state index contributed by atoms with van der Waals surface area (Å²) in [4.78, 5) is 4.34. The molecule has 1 aliphatic rings. The number of aromatic nitrogens is 1. The number of nitrogens with zero attached hydrogens (tertiary/aromatic N) is 1. The van der Waals surface area contributed by atoms with Crippen molar-refractivity contribution in [2.45, 2.75) is 64.0 Å². The summed E-state index contributed by atoms with van der Waals surface area (Å²) in [6.45, 7) is 3.81. The summed E-state index contributed by atoms with van der Waals surface area (Å²) in [5, 5.41) is -0.188. The van der Waals surface area contributed by atoms with Gasteiger partial charge in [0.25, 0.3) is 0 Å². The molecule has 0 aliphatic heterocycles. The van der Waals surface area contributed by atoms with Crippen LogP contribution in [0.5, 0.6) is 0 Å². The number of hydrogen-bond donors (Lipinski definition) is 0. The first kappa shape index (κ1) is 18.8. The van der Waals surface area contributed by atoms with Crippen molar-refractivity contribution in [1.29, 1.82) is 0 Å². The molecule has 3 rings (SSSR count). The Labute approximate surface area is 155 Å². The van der Waals surface area contributed by atoms with E-state index in [4.69, 9.17) is 0 Å². The smallest absolute Gasteiger partial charge is 0.153 e. The highest BCUT2D eigenvalue weighted by atomic mass is 32.2. The summed E-state index contributed by atoms with van der Waals surface area (Å²) in [5.74, 6) is 1.53. The second-order valence-electron chi connectivity index (χ2n) is 7.63. The van der Waals surface area contributed by atoms with Crippen molar-refractivity contribution in [3.63, 3.8) is 0 Å². The number of sulfone groups is 1. The number of thiazole rings is 1. The van der Waals surface area contributed by atoms with Crippen LogP contribution in [-0.4, -0.2) is 24.4 Å². The van der Waals surface area contributed by atoms with E-state index in [1.807, 2.05) is 19.4 Å². The minimum absolute atomic E-state index is 0.188. The molecule has 0 N–H and O–H groups in total. The zero-order valence-electron chi connectivity index (χ0n) is 15.3. The normalized spacial score (nSPS) is 23.0. The van der Waals surface area contributed by atoms with E-state index in [0.29, 0.717) is 11.7 Å². The summed E-state index contributed by atoms with van der Waals surface area (Å²) < 4.78 is 25.9. The number of aryl methyl sites for hydroxylation is 1. The molecule has 2 aromatic rings. The molecule has 25 heavy (non-hydrogen) atoms. The van der Waals surface area contributed by atoms with E-state index in [1.54, 1.807) is 11.3 Å². The molecular formula is C20H29NO2S2. The second kappa shape index (κ2) is 8.17. The van der Waals surface area contributed by atoms with Gasteiger partial charge in [-0.05, 0) is 68.6 Å². The largest absolute Gasteiger partial charge is 0.245 e. The Balaban J connectivity index is 1.46. The van der Waals surface area contributed by atoms with Crippen LogP contribution >= 0.6 is 11.3 Å². The van der Waals surface area contributed by atoms with Crippen LogP contribution in [0.25, 0.3) is 10.2 Å². The number of rotatable bonds is 7. The van der Waals surface area contributed by atoms with Crippen LogP contribution in [0, 0.1) is 11.8 Å². The summed E-state index contributed by atoms with van der Waals surface area (Å²) in [6, 6.07) is 6.60. The standard InChI is InChI=1S/C20H29NO2S2/c1-3-15(2)25(22,23)13-18-8-5-16(6-9-18)4-7-17-10-11-19-20(12-17)24-14-21-19/h10-12,14-16,18H,3-9,13H2,1-2H3. The van der Waals surface area contributed by atoms with E-state index in [1.165, 1.54) is 29.5 Å². The Bertz CT molecular complexity index is 789. The molecule has 1 fully saturated rings. The molecule has 0 saturated heterocycles. The summed E-state index contributed by atoms with van der Waals surface area (Å²) >= 11 is 1.70. The van der Waals surface area contributed by atoms with Crippen LogP contribution < -0.4 is 0 Å². The lowest BCUT2D eigenvalue weighted by Gasteiger charge is -2.29. The maximum absolute atomic E-state index is 12.3. The van der Waals surface area contributed by atoms with Gasteiger partial charge in [0.05, 0.1) is 26.7 Å². The maximum atomic E-state index is 12.3. The highest BCUT2D eigenvalue weighted by molar-refractivity contribution is 7.92. The van der Waals surface area contributed by atoms with Gasteiger partial charge >= 0.3 is 0 Å². The molecule has 1 aromatic heterocycles. The van der Waals surface area contributed by atoms with Gasteiger partial charge in [0.15, 0.2) is 9.84 Å². The number of benzene rings is 1. The molecule has 1 aliphatic carbocycles. The lowest BCUT2D eigenvalue weighted by Crippen LogP contribution is -2.27. The van der Waals surface area contributed by atoms with Crippen molar-refractivity contribution in [1.82, 2.24) is 4.98 Å². The lowest BCUT2D eigenvalue weighted by atomic mass is 9.80. The molecule has 0 bridgehead atoms. The quantitative estimate of drug-likeness (QED) is 0.660. The Morgan fingerprint density at radius 2 is 1.92 bits per heavy atom. The third-order valence-electron chi connectivity index (χ3n) is 5.86. The maximum Gasteiger partial charge on any atom is 0.153 e. The van der Waals surface area contributed by atoms with E-state index in [0.717, 1.165) is 37.1 Å². The summed E-state index contributed by atoms with van der Waals surface area (Å²) in [7, 11) is -2.90. The van der Waals surface area contributed by atoms with Gasteiger partial charge < -0.3 is 0 Å². The van der Waals surface area contributed by atoms with E-state index < -0.39 is 9.84 Å². The van der Waals surface area contributed by atoms with Gasteiger partial charge in [-0.1, -0.05) is 25.8 Å². The molecule has 5 heteroatoms. The third-order valence-corrected chi connectivity index (χ3v) is 9.15. The first-order valence-electron chi connectivity index (χ1n) is 9.51. The van der Waals surface area contributed by atoms with Gasteiger partial charge in [-0.3, -0.25) is 0 Å². The zero-order valence-corrected chi connectivity index (χ0v) is 16.9. The molecule has 0 radical (unpaired) electrons. The van der Waals surface area contributed by atoms with Crippen LogP contribution in [0.3, 0.4) is 0 Å². The fraction of sp³-hybridized carbons (Fsp3) is 0.650. The van der Waals surface area contributed by atoms with Gasteiger partial charge in [0.2, 0.25) is 0 Å². The van der Waals surface area contributed by atoms with Crippen molar-refractivity contribution >= 4 is 31.4 Å². The highest BCUT2D eigenvalue weighted by Crippen LogP contribution is 2.33. The van der Waals surface area contributed by atoms with Crippen LogP contribution in [0.1, 0.15) is 57.9 Å². The Hall–Kier alpha value is -0.940. The summed E-state index contributed by atoms with van der Waals surface area (Å²) in [5.41, 5.74) is 4.40. The third kappa shape index (κ3) is 4.82. The van der Waals surface area contributed by atoms with Crippen LogP contribution in [0.4, 0.5) is 0 Å². The molecule has 1 atom stereocenters. The van der Waals surface area contributed by atoms with Crippen molar-refractivity contribution in [2.75, 3.05) is 5.75 Å². The van der Waals surface area contributed by atoms with Crippen molar-refractivity contribution in [3.05, 3.63) is 29.3 Å². The SMILES string of the molecule is CCC(C)S(=O)(=O)CC1CCC(CCc2ccc3ncsc3c2)CC1. The fourth-order valence-electron chi connectivity index (χ4n) is 3.86. The summed E-state index contributed by atoms with van der Waals surface area (Å²) in [6.07, 6.45) is 7.58. The molecule has 0 spiro atoms. The van der Waals surface area contributed by atoms with Crippen molar-refractivity contribution < 1.29 is 8.42 Å². The van der Waals surface area contributed by atoms with E-state index in [9.17, 15) is 8.42 Å². The van der Waals surface area contributed by atoms with Gasteiger partial charge in [-0.2, -0.15) is 0 Å². The lowest BCUT2D eigenvalue weighted by molar-refractivity contribution is 0.278. The first-order valence-corrected chi connectivity index (χ1v) is 12.1. The van der Waals surface area contributed by atoms with Crippen LogP contribution in [0.15, 0.2) is 23.7 Å². The molecule has 138 valence electrons. The zero-order chi connectivity index (χ0) is 17.9. The van der Waals surface area contributed by atoms with Gasteiger partial charge in [0.1, 0.15) is 0 Å². The first-order chi connectivity index (χ1) is 12.0. The molecule has 1 saturated carbocycles. The van der Waals surface area contributed by atoms with Crippen molar-refractivity contribution in [2.24, 2.45) is 11.8 Å². The average molecular weight is 380 g/mol. The molecule has 1 aromatic carbocycles. The second-order valence-corrected chi connectivity index (χ2v) is 11.0. The molecule has 1 heterocycles. The monoisotopic (exact) mass is 379 g/mol. The van der Waals surface area contributed by atoms with E-state index in [2.05, 4.69) is 23.2 Å². The highest BCUT2D eigenvalue weighted by Gasteiger charge is 2.28. The Kier molecular flexibility index (Phi) is 6.16. The topological polar surface area (TPSA) is 47.0 Å².